The van der Waals surface area contributed by atoms with E-state index < -0.39 is 5.82 Å². The molecule has 1 aliphatic rings. The van der Waals surface area contributed by atoms with Gasteiger partial charge in [-0.2, -0.15) is 5.10 Å². The zero-order valence-corrected chi connectivity index (χ0v) is 17.0. The number of nitrogens with zero attached hydrogens (tertiary/aromatic N) is 6. The Morgan fingerprint density at radius 3 is 2.78 bits per heavy atom. The Bertz CT molecular complexity index is 1230. The average Bonchev–Trinajstić information content (AvgIpc) is 3.56. The molecule has 1 atom stereocenters. The second kappa shape index (κ2) is 8.46. The lowest BCUT2D eigenvalue weighted by Crippen LogP contribution is -2.33. The molecule has 164 valence electrons. The molecule has 0 radical (unpaired) electrons. The standard InChI is InChI=1S/C22H20F2N6O2/c23-16-6-2-1-4-14(16)12-30-20(18-7-9-32-28-18)10-19(27-30)21-25-11-17(24)22(26-21)29-8-3-5-15(29)13-31/h1-2,4,6-7,9-11,15,31H,3,5,8,12-13H2. The van der Waals surface area contributed by atoms with Gasteiger partial charge in [0, 0.05) is 18.2 Å². The number of aliphatic hydroxyl groups excluding tert-OH is 1. The molecule has 1 N–H and O–H groups in total. The van der Waals surface area contributed by atoms with E-state index in [9.17, 15) is 13.9 Å². The number of benzene rings is 1. The first-order valence-electron chi connectivity index (χ1n) is 10.3. The first kappa shape index (κ1) is 20.3. The van der Waals surface area contributed by atoms with Gasteiger partial charge in [0.05, 0.1) is 31.1 Å². The minimum atomic E-state index is -0.559. The quantitative estimate of drug-likeness (QED) is 0.494. The van der Waals surface area contributed by atoms with Crippen LogP contribution in [0.3, 0.4) is 0 Å². The van der Waals surface area contributed by atoms with Gasteiger partial charge in [-0.3, -0.25) is 4.68 Å². The van der Waals surface area contributed by atoms with Crippen molar-refractivity contribution in [1.82, 2.24) is 24.9 Å². The molecule has 4 aromatic rings. The van der Waals surface area contributed by atoms with Crippen LogP contribution >= 0.6 is 0 Å². The topological polar surface area (TPSA) is 93.1 Å². The van der Waals surface area contributed by atoms with Crippen molar-refractivity contribution in [2.45, 2.75) is 25.4 Å². The van der Waals surface area contributed by atoms with Gasteiger partial charge in [0.2, 0.25) is 0 Å². The lowest BCUT2D eigenvalue weighted by molar-refractivity contribution is 0.265. The van der Waals surface area contributed by atoms with Crippen LogP contribution in [-0.4, -0.2) is 49.2 Å². The monoisotopic (exact) mass is 438 g/mol. The van der Waals surface area contributed by atoms with Crippen molar-refractivity contribution in [3.8, 4) is 22.9 Å². The minimum Gasteiger partial charge on any atom is -0.394 e. The summed E-state index contributed by atoms with van der Waals surface area (Å²) in [6.45, 7) is 0.679. The minimum absolute atomic E-state index is 0.0770. The maximum absolute atomic E-state index is 14.5. The third-order valence-corrected chi connectivity index (χ3v) is 5.57. The number of anilines is 1. The summed E-state index contributed by atoms with van der Waals surface area (Å²) in [6.07, 6.45) is 4.15. The van der Waals surface area contributed by atoms with Crippen LogP contribution < -0.4 is 4.90 Å². The van der Waals surface area contributed by atoms with Gasteiger partial charge in [0.15, 0.2) is 17.5 Å². The molecule has 1 unspecified atom stereocenters. The molecule has 3 aromatic heterocycles. The van der Waals surface area contributed by atoms with E-state index in [1.54, 1.807) is 39.9 Å². The number of aliphatic hydroxyl groups is 1. The number of aromatic nitrogens is 5. The van der Waals surface area contributed by atoms with Crippen LogP contribution in [0.25, 0.3) is 22.9 Å². The summed E-state index contributed by atoms with van der Waals surface area (Å²) in [5.41, 5.74) is 1.94. The Hall–Kier alpha value is -3.66. The summed E-state index contributed by atoms with van der Waals surface area (Å²) in [5.74, 6) is -0.545. The molecule has 0 spiro atoms. The number of halogens is 2. The first-order valence-corrected chi connectivity index (χ1v) is 10.3. The van der Waals surface area contributed by atoms with Gasteiger partial charge in [0.25, 0.3) is 0 Å². The van der Waals surface area contributed by atoms with Crippen LogP contribution in [-0.2, 0) is 6.54 Å². The summed E-state index contributed by atoms with van der Waals surface area (Å²) < 4.78 is 35.4. The maximum Gasteiger partial charge on any atom is 0.183 e. The van der Waals surface area contributed by atoms with Crippen LogP contribution in [0.2, 0.25) is 0 Å². The molecule has 0 bridgehead atoms. The Morgan fingerprint density at radius 2 is 2.00 bits per heavy atom. The molecule has 8 nitrogen and oxygen atoms in total. The Labute approximate surface area is 182 Å². The fourth-order valence-electron chi connectivity index (χ4n) is 3.97. The van der Waals surface area contributed by atoms with Crippen molar-refractivity contribution in [2.24, 2.45) is 0 Å². The summed E-state index contributed by atoms with van der Waals surface area (Å²) in [4.78, 5) is 10.3. The smallest absolute Gasteiger partial charge is 0.183 e. The molecule has 0 aliphatic carbocycles. The molecule has 4 heterocycles. The Balaban J connectivity index is 1.56. The van der Waals surface area contributed by atoms with E-state index in [0.717, 1.165) is 19.0 Å². The summed E-state index contributed by atoms with van der Waals surface area (Å²) in [5, 5.41) is 18.1. The Morgan fingerprint density at radius 1 is 1.12 bits per heavy atom. The third-order valence-electron chi connectivity index (χ3n) is 5.57. The van der Waals surface area contributed by atoms with E-state index in [0.29, 0.717) is 29.2 Å². The van der Waals surface area contributed by atoms with Crippen LogP contribution in [0, 0.1) is 11.6 Å². The van der Waals surface area contributed by atoms with Crippen molar-refractivity contribution in [1.29, 1.82) is 0 Å². The summed E-state index contributed by atoms with van der Waals surface area (Å²) >= 11 is 0. The average molecular weight is 438 g/mol. The Kier molecular flexibility index (Phi) is 5.36. The van der Waals surface area contributed by atoms with Crippen LogP contribution in [0.1, 0.15) is 18.4 Å². The molecule has 5 rings (SSSR count). The van der Waals surface area contributed by atoms with E-state index >= 15 is 0 Å². The highest BCUT2D eigenvalue weighted by molar-refractivity contribution is 5.63. The molecule has 1 saturated heterocycles. The fraction of sp³-hybridized carbons (Fsp3) is 0.273. The molecule has 10 heteroatoms. The number of hydrogen-bond acceptors (Lipinski definition) is 7. The van der Waals surface area contributed by atoms with E-state index in [1.807, 2.05) is 0 Å². The van der Waals surface area contributed by atoms with Crippen molar-refractivity contribution in [2.75, 3.05) is 18.1 Å². The third kappa shape index (κ3) is 3.73. The van der Waals surface area contributed by atoms with Crippen LogP contribution in [0.5, 0.6) is 0 Å². The highest BCUT2D eigenvalue weighted by atomic mass is 19.1. The zero-order chi connectivity index (χ0) is 22.1. The summed E-state index contributed by atoms with van der Waals surface area (Å²) in [6, 6.07) is 9.64. The van der Waals surface area contributed by atoms with Gasteiger partial charge in [-0.15, -0.1) is 0 Å². The van der Waals surface area contributed by atoms with Crippen molar-refractivity contribution in [3.05, 3.63) is 66.1 Å². The van der Waals surface area contributed by atoms with Crippen molar-refractivity contribution >= 4 is 5.82 Å². The molecule has 0 saturated carbocycles. The van der Waals surface area contributed by atoms with Gasteiger partial charge in [-0.05, 0) is 25.0 Å². The lowest BCUT2D eigenvalue weighted by Gasteiger charge is -2.24. The van der Waals surface area contributed by atoms with E-state index in [4.69, 9.17) is 4.52 Å². The highest BCUT2D eigenvalue weighted by Gasteiger charge is 2.28. The van der Waals surface area contributed by atoms with Gasteiger partial charge < -0.3 is 14.5 Å². The molecule has 32 heavy (non-hydrogen) atoms. The second-order valence-corrected chi connectivity index (χ2v) is 7.59. The van der Waals surface area contributed by atoms with Gasteiger partial charge >= 0.3 is 0 Å². The van der Waals surface area contributed by atoms with Gasteiger partial charge in [-0.25, -0.2) is 18.7 Å². The molecule has 1 aliphatic heterocycles. The molecular weight excluding hydrogens is 418 g/mol. The van der Waals surface area contributed by atoms with Crippen molar-refractivity contribution < 1.29 is 18.4 Å². The van der Waals surface area contributed by atoms with Crippen LogP contribution in [0.15, 0.2) is 53.4 Å². The number of hydrogen-bond donors (Lipinski definition) is 1. The van der Waals surface area contributed by atoms with E-state index in [2.05, 4.69) is 20.2 Å². The SMILES string of the molecule is OCC1CCCN1c1nc(-c2cc(-c3ccon3)n(Cc3ccccc3F)n2)ncc1F. The molecule has 1 fully saturated rings. The van der Waals surface area contributed by atoms with E-state index in [1.165, 1.54) is 12.3 Å². The number of rotatable bonds is 6. The fourth-order valence-corrected chi connectivity index (χ4v) is 3.97. The normalized spacial score (nSPS) is 16.1. The predicted molar refractivity (Wildman–Crippen MR) is 112 cm³/mol. The van der Waals surface area contributed by atoms with Crippen molar-refractivity contribution in [3.63, 3.8) is 0 Å². The van der Waals surface area contributed by atoms with Crippen LogP contribution in [0.4, 0.5) is 14.6 Å². The molecule has 0 amide bonds. The maximum atomic E-state index is 14.5. The molecule has 1 aromatic carbocycles. The predicted octanol–water partition coefficient (Wildman–Crippen LogP) is 3.28. The largest absolute Gasteiger partial charge is 0.394 e. The zero-order valence-electron chi connectivity index (χ0n) is 17.0. The van der Waals surface area contributed by atoms with Gasteiger partial charge in [0.1, 0.15) is 23.5 Å². The van der Waals surface area contributed by atoms with E-state index in [-0.39, 0.29) is 36.7 Å². The second-order valence-electron chi connectivity index (χ2n) is 7.59. The van der Waals surface area contributed by atoms with Gasteiger partial charge in [-0.1, -0.05) is 23.4 Å². The first-order chi connectivity index (χ1) is 15.6. The summed E-state index contributed by atoms with van der Waals surface area (Å²) in [7, 11) is 0. The highest BCUT2D eigenvalue weighted by Crippen LogP contribution is 2.29. The lowest BCUT2D eigenvalue weighted by atomic mass is 10.2. The molecular formula is C22H20F2N6O2.